The van der Waals surface area contributed by atoms with Crippen molar-refractivity contribution in [2.45, 2.75) is 13.1 Å². The standard InChI is InChI=1S/C18H13ClF3N3O2/c1-11(26)25(14-6-7-16(19)15(8-14)18(20,21)22)10-17(27)24-13-4-2-12(9-23)3-5-13/h2-8H,10H2,1H3,(H,24,27). The minimum Gasteiger partial charge on any atom is -0.325 e. The minimum atomic E-state index is -4.69. The Hall–Kier alpha value is -3.05. The van der Waals surface area contributed by atoms with Crippen molar-refractivity contribution < 1.29 is 22.8 Å². The van der Waals surface area contributed by atoms with Gasteiger partial charge in [-0.25, -0.2) is 0 Å². The fraction of sp³-hybridized carbons (Fsp3) is 0.167. The van der Waals surface area contributed by atoms with E-state index in [0.717, 1.165) is 24.0 Å². The number of nitrogens with one attached hydrogen (secondary N) is 1. The van der Waals surface area contributed by atoms with Crippen molar-refractivity contribution >= 4 is 34.8 Å². The Morgan fingerprint density at radius 3 is 2.33 bits per heavy atom. The molecule has 2 amide bonds. The van der Waals surface area contributed by atoms with Gasteiger partial charge in [0.05, 0.1) is 22.2 Å². The monoisotopic (exact) mass is 395 g/mol. The predicted octanol–water partition coefficient (Wildman–Crippen LogP) is 4.22. The van der Waals surface area contributed by atoms with E-state index >= 15 is 0 Å². The Kier molecular flexibility index (Phi) is 6.08. The first-order chi connectivity index (χ1) is 12.6. The molecule has 0 aliphatic carbocycles. The summed E-state index contributed by atoms with van der Waals surface area (Å²) in [4.78, 5) is 25.0. The molecular formula is C18H13ClF3N3O2. The van der Waals surface area contributed by atoms with Crippen LogP contribution in [0.15, 0.2) is 42.5 Å². The molecule has 2 aromatic rings. The van der Waals surface area contributed by atoms with Crippen molar-refractivity contribution in [1.29, 1.82) is 5.26 Å². The number of alkyl halides is 3. The molecule has 0 aliphatic heterocycles. The van der Waals surface area contributed by atoms with Crippen LogP contribution in [0.1, 0.15) is 18.1 Å². The van der Waals surface area contributed by atoms with Crippen LogP contribution in [-0.2, 0) is 15.8 Å². The number of amides is 2. The van der Waals surface area contributed by atoms with Crippen molar-refractivity contribution in [3.8, 4) is 6.07 Å². The number of hydrogen-bond acceptors (Lipinski definition) is 3. The molecule has 0 fully saturated rings. The van der Waals surface area contributed by atoms with Crippen molar-refractivity contribution in [2.24, 2.45) is 0 Å². The highest BCUT2D eigenvalue weighted by Crippen LogP contribution is 2.37. The van der Waals surface area contributed by atoms with Crippen LogP contribution in [0.3, 0.4) is 0 Å². The summed E-state index contributed by atoms with van der Waals surface area (Å²) in [7, 11) is 0. The molecule has 0 radical (unpaired) electrons. The summed E-state index contributed by atoms with van der Waals surface area (Å²) in [5.41, 5.74) is -0.414. The van der Waals surface area contributed by atoms with Crippen molar-refractivity contribution in [3.05, 3.63) is 58.6 Å². The highest BCUT2D eigenvalue weighted by atomic mass is 35.5. The number of halogens is 4. The van der Waals surface area contributed by atoms with Gasteiger partial charge >= 0.3 is 6.18 Å². The molecule has 0 spiro atoms. The Morgan fingerprint density at radius 2 is 1.81 bits per heavy atom. The molecule has 0 saturated carbocycles. The Balaban J connectivity index is 2.21. The molecule has 2 aromatic carbocycles. The van der Waals surface area contributed by atoms with Crippen molar-refractivity contribution in [3.63, 3.8) is 0 Å². The number of rotatable bonds is 4. The summed E-state index contributed by atoms with van der Waals surface area (Å²) in [5.74, 6) is -1.22. The third-order valence-electron chi connectivity index (χ3n) is 3.55. The van der Waals surface area contributed by atoms with Gasteiger partial charge in [0.15, 0.2) is 0 Å². The van der Waals surface area contributed by atoms with Crippen molar-refractivity contribution in [2.75, 3.05) is 16.8 Å². The summed E-state index contributed by atoms with van der Waals surface area (Å²) in [6, 6.07) is 10.9. The molecule has 0 aliphatic rings. The van der Waals surface area contributed by atoms with Gasteiger partial charge in [-0.05, 0) is 42.5 Å². The lowest BCUT2D eigenvalue weighted by Crippen LogP contribution is -2.36. The van der Waals surface area contributed by atoms with Gasteiger partial charge in [0.2, 0.25) is 11.8 Å². The molecular weight excluding hydrogens is 383 g/mol. The maximum Gasteiger partial charge on any atom is 0.417 e. The normalized spacial score (nSPS) is 10.8. The molecule has 140 valence electrons. The van der Waals surface area contributed by atoms with E-state index in [1.807, 2.05) is 6.07 Å². The third-order valence-corrected chi connectivity index (χ3v) is 3.88. The first kappa shape index (κ1) is 20.3. The number of hydrogen-bond donors (Lipinski definition) is 1. The third kappa shape index (κ3) is 5.21. The molecule has 0 heterocycles. The number of nitriles is 1. The summed E-state index contributed by atoms with van der Waals surface area (Å²) >= 11 is 5.58. The van der Waals surface area contributed by atoms with Gasteiger partial charge in [-0.1, -0.05) is 11.6 Å². The van der Waals surface area contributed by atoms with Crippen LogP contribution in [-0.4, -0.2) is 18.4 Å². The van der Waals surface area contributed by atoms with Crippen LogP contribution < -0.4 is 10.2 Å². The van der Waals surface area contributed by atoms with E-state index in [0.29, 0.717) is 11.3 Å². The van der Waals surface area contributed by atoms with Gasteiger partial charge in [0, 0.05) is 18.3 Å². The van der Waals surface area contributed by atoms with Gasteiger partial charge in [0.1, 0.15) is 6.54 Å². The van der Waals surface area contributed by atoms with Crippen LogP contribution in [0.5, 0.6) is 0 Å². The first-order valence-corrected chi connectivity index (χ1v) is 7.94. The molecule has 27 heavy (non-hydrogen) atoms. The number of carbonyl (C=O) groups excluding carboxylic acids is 2. The van der Waals surface area contributed by atoms with Gasteiger partial charge in [-0.3, -0.25) is 9.59 Å². The van der Waals surface area contributed by atoms with Crippen LogP contribution >= 0.6 is 11.6 Å². The Bertz CT molecular complexity index is 906. The summed E-state index contributed by atoms with van der Waals surface area (Å²) < 4.78 is 39.0. The molecule has 5 nitrogen and oxygen atoms in total. The molecule has 0 saturated heterocycles. The van der Waals surface area contributed by atoms with E-state index in [-0.39, 0.29) is 5.69 Å². The summed E-state index contributed by atoms with van der Waals surface area (Å²) in [6.07, 6.45) is -4.69. The van der Waals surface area contributed by atoms with E-state index in [1.165, 1.54) is 30.3 Å². The molecule has 0 aromatic heterocycles. The zero-order chi connectivity index (χ0) is 20.2. The maximum atomic E-state index is 13.0. The van der Waals surface area contributed by atoms with Gasteiger partial charge in [0.25, 0.3) is 0 Å². The second kappa shape index (κ2) is 8.10. The lowest BCUT2D eigenvalue weighted by Gasteiger charge is -2.22. The largest absolute Gasteiger partial charge is 0.417 e. The molecule has 0 bridgehead atoms. The molecule has 1 N–H and O–H groups in total. The fourth-order valence-electron chi connectivity index (χ4n) is 2.26. The first-order valence-electron chi connectivity index (χ1n) is 7.56. The second-order valence-corrected chi connectivity index (χ2v) is 5.91. The smallest absolute Gasteiger partial charge is 0.325 e. The van der Waals surface area contributed by atoms with Gasteiger partial charge in [-0.15, -0.1) is 0 Å². The van der Waals surface area contributed by atoms with E-state index in [4.69, 9.17) is 16.9 Å². The SMILES string of the molecule is CC(=O)N(CC(=O)Nc1ccc(C#N)cc1)c1ccc(Cl)c(C(F)(F)F)c1. The highest BCUT2D eigenvalue weighted by molar-refractivity contribution is 6.31. The number of carbonyl (C=O) groups is 2. The number of benzene rings is 2. The fourth-order valence-corrected chi connectivity index (χ4v) is 2.48. The van der Waals surface area contributed by atoms with Crippen LogP contribution in [0, 0.1) is 11.3 Å². The average Bonchev–Trinajstić information content (AvgIpc) is 2.60. The van der Waals surface area contributed by atoms with E-state index in [9.17, 15) is 22.8 Å². The summed E-state index contributed by atoms with van der Waals surface area (Å²) in [6.45, 7) is 0.644. The van der Waals surface area contributed by atoms with Crippen molar-refractivity contribution in [1.82, 2.24) is 0 Å². The van der Waals surface area contributed by atoms with E-state index < -0.39 is 35.1 Å². The van der Waals surface area contributed by atoms with E-state index in [2.05, 4.69) is 5.32 Å². The van der Waals surface area contributed by atoms with Gasteiger partial charge < -0.3 is 10.2 Å². The second-order valence-electron chi connectivity index (χ2n) is 5.50. The molecule has 2 rings (SSSR count). The van der Waals surface area contributed by atoms with Crippen LogP contribution in [0.2, 0.25) is 5.02 Å². The predicted molar refractivity (Wildman–Crippen MR) is 94.3 cm³/mol. The van der Waals surface area contributed by atoms with Gasteiger partial charge in [-0.2, -0.15) is 18.4 Å². The minimum absolute atomic E-state index is 0.103. The average molecular weight is 396 g/mol. The van der Waals surface area contributed by atoms with E-state index in [1.54, 1.807) is 0 Å². The summed E-state index contributed by atoms with van der Waals surface area (Å²) in [5, 5.41) is 10.8. The maximum absolute atomic E-state index is 13.0. The number of nitrogens with zero attached hydrogens (tertiary/aromatic N) is 2. The lowest BCUT2D eigenvalue weighted by atomic mass is 10.1. The Labute approximate surface area is 158 Å². The lowest BCUT2D eigenvalue weighted by molar-refractivity contribution is -0.137. The molecule has 0 unspecified atom stereocenters. The van der Waals surface area contributed by atoms with Crippen LogP contribution in [0.4, 0.5) is 24.5 Å². The zero-order valence-electron chi connectivity index (χ0n) is 14.0. The zero-order valence-corrected chi connectivity index (χ0v) is 14.7. The Morgan fingerprint density at radius 1 is 1.19 bits per heavy atom. The quantitative estimate of drug-likeness (QED) is 0.842. The molecule has 0 atom stereocenters. The molecule has 9 heteroatoms. The highest BCUT2D eigenvalue weighted by Gasteiger charge is 2.34. The van der Waals surface area contributed by atoms with Crippen LogP contribution in [0.25, 0.3) is 0 Å². The topological polar surface area (TPSA) is 73.2 Å². The number of anilines is 2.